The predicted molar refractivity (Wildman–Crippen MR) is 66.3 cm³/mol. The summed E-state index contributed by atoms with van der Waals surface area (Å²) in [5, 5.41) is 12.8. The maximum absolute atomic E-state index is 13.1. The standard InChI is InChI=1S/C14H20FNO/c1-14(2)5-3-4-13(14)16-9-10-6-11(15)8-12(17)7-10/h6-8,13,16-17H,3-5,9H2,1-2H3. The van der Waals surface area contributed by atoms with E-state index >= 15 is 0 Å². The van der Waals surface area contributed by atoms with Crippen LogP contribution in [0.2, 0.25) is 0 Å². The summed E-state index contributed by atoms with van der Waals surface area (Å²) in [5.41, 5.74) is 1.11. The highest BCUT2D eigenvalue weighted by Crippen LogP contribution is 2.37. The molecule has 2 N–H and O–H groups in total. The Balaban J connectivity index is 1.98. The minimum Gasteiger partial charge on any atom is -0.508 e. The maximum atomic E-state index is 13.1. The number of aromatic hydroxyl groups is 1. The lowest BCUT2D eigenvalue weighted by molar-refractivity contribution is 0.282. The van der Waals surface area contributed by atoms with Gasteiger partial charge in [0.15, 0.2) is 0 Å². The Bertz CT molecular complexity index is 383. The lowest BCUT2D eigenvalue weighted by Gasteiger charge is -2.28. The summed E-state index contributed by atoms with van der Waals surface area (Å²) in [4.78, 5) is 0. The molecule has 17 heavy (non-hydrogen) atoms. The van der Waals surface area contributed by atoms with E-state index in [1.807, 2.05) is 0 Å². The van der Waals surface area contributed by atoms with Crippen LogP contribution < -0.4 is 5.32 Å². The summed E-state index contributed by atoms with van der Waals surface area (Å²) < 4.78 is 13.1. The van der Waals surface area contributed by atoms with Crippen molar-refractivity contribution in [1.82, 2.24) is 5.32 Å². The fraction of sp³-hybridized carbons (Fsp3) is 0.571. The van der Waals surface area contributed by atoms with Crippen LogP contribution in [0.15, 0.2) is 18.2 Å². The zero-order chi connectivity index (χ0) is 12.5. The van der Waals surface area contributed by atoms with Gasteiger partial charge < -0.3 is 10.4 Å². The second kappa shape index (κ2) is 4.65. The Morgan fingerprint density at radius 3 is 2.76 bits per heavy atom. The molecule has 1 atom stereocenters. The lowest BCUT2D eigenvalue weighted by atomic mass is 9.87. The second-order valence-electron chi connectivity index (χ2n) is 5.63. The third-order valence-electron chi connectivity index (χ3n) is 3.75. The molecule has 0 aliphatic heterocycles. The van der Waals surface area contributed by atoms with Crippen molar-refractivity contribution in [2.24, 2.45) is 5.41 Å². The number of benzene rings is 1. The molecule has 1 aliphatic carbocycles. The van der Waals surface area contributed by atoms with Gasteiger partial charge in [-0.2, -0.15) is 0 Å². The Morgan fingerprint density at radius 2 is 2.18 bits per heavy atom. The van der Waals surface area contributed by atoms with Crippen molar-refractivity contribution in [2.75, 3.05) is 0 Å². The van der Waals surface area contributed by atoms with Gasteiger partial charge >= 0.3 is 0 Å². The third kappa shape index (κ3) is 2.97. The molecule has 0 heterocycles. The molecule has 1 fully saturated rings. The quantitative estimate of drug-likeness (QED) is 0.846. The molecule has 0 amide bonds. The number of hydrogen-bond donors (Lipinski definition) is 2. The molecule has 1 aliphatic rings. The minimum atomic E-state index is -0.382. The number of nitrogens with one attached hydrogen (secondary N) is 1. The number of phenolic OH excluding ortho intramolecular Hbond substituents is 1. The number of phenols is 1. The van der Waals surface area contributed by atoms with Crippen LogP contribution in [0.3, 0.4) is 0 Å². The number of hydrogen-bond acceptors (Lipinski definition) is 2. The molecule has 1 saturated carbocycles. The molecule has 1 unspecified atom stereocenters. The van der Waals surface area contributed by atoms with Crippen LogP contribution in [0.5, 0.6) is 5.75 Å². The molecule has 0 spiro atoms. The third-order valence-corrected chi connectivity index (χ3v) is 3.75. The highest BCUT2D eigenvalue weighted by Gasteiger charge is 2.33. The van der Waals surface area contributed by atoms with Gasteiger partial charge in [0, 0.05) is 18.7 Å². The highest BCUT2D eigenvalue weighted by molar-refractivity contribution is 5.28. The SMILES string of the molecule is CC1(C)CCCC1NCc1cc(O)cc(F)c1. The van der Waals surface area contributed by atoms with Gasteiger partial charge in [-0.15, -0.1) is 0 Å². The molecule has 1 aromatic rings. The zero-order valence-electron chi connectivity index (χ0n) is 10.5. The van der Waals surface area contributed by atoms with Crippen molar-refractivity contribution in [3.8, 4) is 5.75 Å². The van der Waals surface area contributed by atoms with Gasteiger partial charge in [-0.25, -0.2) is 4.39 Å². The van der Waals surface area contributed by atoms with Gasteiger partial charge in [0.2, 0.25) is 0 Å². The van der Waals surface area contributed by atoms with E-state index in [1.165, 1.54) is 25.3 Å². The summed E-state index contributed by atoms with van der Waals surface area (Å²) in [5.74, 6) is -0.389. The van der Waals surface area contributed by atoms with E-state index in [2.05, 4.69) is 19.2 Å². The molecule has 3 heteroatoms. The largest absolute Gasteiger partial charge is 0.508 e. The van der Waals surface area contributed by atoms with E-state index in [9.17, 15) is 9.50 Å². The zero-order valence-corrected chi connectivity index (χ0v) is 10.5. The lowest BCUT2D eigenvalue weighted by Crippen LogP contribution is -2.37. The van der Waals surface area contributed by atoms with Crippen LogP contribution >= 0.6 is 0 Å². The Hall–Kier alpha value is -1.09. The Labute approximate surface area is 102 Å². The number of rotatable bonds is 3. The normalized spacial score (nSPS) is 22.9. The van der Waals surface area contributed by atoms with Gasteiger partial charge in [0.1, 0.15) is 11.6 Å². The summed E-state index contributed by atoms with van der Waals surface area (Å²) >= 11 is 0. The van der Waals surface area contributed by atoms with Gasteiger partial charge in [0.25, 0.3) is 0 Å². The van der Waals surface area contributed by atoms with E-state index in [1.54, 1.807) is 6.07 Å². The van der Waals surface area contributed by atoms with Crippen molar-refractivity contribution >= 4 is 0 Å². The van der Waals surface area contributed by atoms with Crippen LogP contribution in [0.4, 0.5) is 4.39 Å². The summed E-state index contributed by atoms with van der Waals surface area (Å²) in [6.45, 7) is 5.14. The van der Waals surface area contributed by atoms with Crippen molar-refractivity contribution in [3.63, 3.8) is 0 Å². The average Bonchev–Trinajstić information content (AvgIpc) is 2.53. The molecular weight excluding hydrogens is 217 g/mol. The predicted octanol–water partition coefficient (Wildman–Crippen LogP) is 3.20. The van der Waals surface area contributed by atoms with Crippen molar-refractivity contribution in [1.29, 1.82) is 0 Å². The van der Waals surface area contributed by atoms with Gasteiger partial charge in [0.05, 0.1) is 0 Å². The van der Waals surface area contributed by atoms with Crippen molar-refractivity contribution in [2.45, 2.75) is 45.7 Å². The fourth-order valence-corrected chi connectivity index (χ4v) is 2.68. The Morgan fingerprint density at radius 1 is 1.41 bits per heavy atom. The molecule has 2 nitrogen and oxygen atoms in total. The first-order valence-electron chi connectivity index (χ1n) is 6.19. The summed E-state index contributed by atoms with van der Waals surface area (Å²) in [7, 11) is 0. The van der Waals surface area contributed by atoms with E-state index in [-0.39, 0.29) is 11.6 Å². The molecule has 1 aromatic carbocycles. The molecular formula is C14H20FNO. The van der Waals surface area contributed by atoms with Crippen LogP contribution in [0, 0.1) is 11.2 Å². The van der Waals surface area contributed by atoms with E-state index in [0.717, 1.165) is 11.6 Å². The van der Waals surface area contributed by atoms with Crippen LogP contribution in [0.25, 0.3) is 0 Å². The summed E-state index contributed by atoms with van der Waals surface area (Å²) in [6.07, 6.45) is 3.66. The molecule has 0 aromatic heterocycles. The topological polar surface area (TPSA) is 32.3 Å². The van der Waals surface area contributed by atoms with Crippen LogP contribution in [-0.4, -0.2) is 11.1 Å². The highest BCUT2D eigenvalue weighted by atomic mass is 19.1. The first-order valence-corrected chi connectivity index (χ1v) is 6.19. The minimum absolute atomic E-state index is 0.00696. The first kappa shape index (κ1) is 12.4. The fourth-order valence-electron chi connectivity index (χ4n) is 2.68. The average molecular weight is 237 g/mol. The molecule has 94 valence electrons. The number of halogens is 1. The van der Waals surface area contributed by atoms with E-state index < -0.39 is 0 Å². The molecule has 0 radical (unpaired) electrons. The monoisotopic (exact) mass is 237 g/mol. The Kier molecular flexibility index (Phi) is 3.38. The van der Waals surface area contributed by atoms with Crippen molar-refractivity contribution < 1.29 is 9.50 Å². The molecule has 0 saturated heterocycles. The second-order valence-corrected chi connectivity index (χ2v) is 5.63. The maximum Gasteiger partial charge on any atom is 0.127 e. The molecule has 2 rings (SSSR count). The van der Waals surface area contributed by atoms with Crippen LogP contribution in [-0.2, 0) is 6.54 Å². The van der Waals surface area contributed by atoms with Gasteiger partial charge in [-0.05, 0) is 36.0 Å². The van der Waals surface area contributed by atoms with Gasteiger partial charge in [-0.3, -0.25) is 0 Å². The smallest absolute Gasteiger partial charge is 0.127 e. The van der Waals surface area contributed by atoms with Crippen molar-refractivity contribution in [3.05, 3.63) is 29.6 Å². The molecule has 0 bridgehead atoms. The van der Waals surface area contributed by atoms with E-state index in [4.69, 9.17) is 0 Å². The summed E-state index contributed by atoms with van der Waals surface area (Å²) in [6, 6.07) is 4.68. The first-order chi connectivity index (χ1) is 7.97. The van der Waals surface area contributed by atoms with E-state index in [0.29, 0.717) is 18.0 Å². The van der Waals surface area contributed by atoms with Gasteiger partial charge in [-0.1, -0.05) is 20.3 Å². The van der Waals surface area contributed by atoms with Crippen LogP contribution in [0.1, 0.15) is 38.7 Å².